The fourth-order valence-electron chi connectivity index (χ4n) is 3.40. The summed E-state index contributed by atoms with van der Waals surface area (Å²) >= 11 is 1.19. The summed E-state index contributed by atoms with van der Waals surface area (Å²) in [4.78, 5) is 24.5. The van der Waals surface area contributed by atoms with E-state index in [1.54, 1.807) is 41.5 Å². The molecular formula is C26H32F2N4O4S. The van der Waals surface area contributed by atoms with Crippen LogP contribution in [0.4, 0.5) is 18.4 Å². The first kappa shape index (κ1) is 28.2. The first-order chi connectivity index (χ1) is 17.2. The molecular weight excluding hydrogens is 502 g/mol. The van der Waals surface area contributed by atoms with Crippen molar-refractivity contribution in [3.05, 3.63) is 71.3 Å². The molecule has 0 fully saturated rings. The molecule has 0 spiro atoms. The maximum atomic E-state index is 14.5. The third kappa shape index (κ3) is 7.82. The molecule has 2 aromatic carbocycles. The van der Waals surface area contributed by atoms with Crippen molar-refractivity contribution >= 4 is 29.0 Å². The number of hydrogen-bond acceptors (Lipinski definition) is 7. The zero-order chi connectivity index (χ0) is 27.4. The van der Waals surface area contributed by atoms with E-state index in [2.05, 4.69) is 16.0 Å². The van der Waals surface area contributed by atoms with Crippen LogP contribution in [0.5, 0.6) is 0 Å². The Hall–Kier alpha value is -3.34. The van der Waals surface area contributed by atoms with Crippen LogP contribution in [0.2, 0.25) is 0 Å². The number of hydrazine groups is 1. The number of carbonyl (C=O) groups is 2. The second-order valence-electron chi connectivity index (χ2n) is 10.4. The molecule has 11 heteroatoms. The van der Waals surface area contributed by atoms with Gasteiger partial charge in [-0.1, -0.05) is 42.1 Å². The van der Waals surface area contributed by atoms with Crippen molar-refractivity contribution in [2.45, 2.75) is 64.0 Å². The number of thioether (sulfide) groups is 1. The van der Waals surface area contributed by atoms with Crippen LogP contribution in [-0.4, -0.2) is 40.0 Å². The minimum Gasteiger partial charge on any atom is -0.443 e. The number of halogens is 2. The lowest BCUT2D eigenvalue weighted by Gasteiger charge is -2.33. The Morgan fingerprint density at radius 3 is 2.30 bits per heavy atom. The lowest BCUT2D eigenvalue weighted by molar-refractivity contribution is 0.000334. The summed E-state index contributed by atoms with van der Waals surface area (Å²) in [7, 11) is 0. The smallest absolute Gasteiger partial charge is 0.429 e. The largest absolute Gasteiger partial charge is 0.443 e. The molecule has 0 radical (unpaired) electrons. The lowest BCUT2D eigenvalue weighted by Crippen LogP contribution is -2.51. The summed E-state index contributed by atoms with van der Waals surface area (Å²) in [5, 5.41) is 5.59. The van der Waals surface area contributed by atoms with Crippen molar-refractivity contribution < 1.29 is 27.8 Å². The Morgan fingerprint density at radius 2 is 1.68 bits per heavy atom. The molecule has 0 saturated heterocycles. The molecule has 37 heavy (non-hydrogen) atoms. The highest BCUT2D eigenvalue weighted by Crippen LogP contribution is 2.43. The number of carbonyl (C=O) groups excluding carboxylic acids is 2. The van der Waals surface area contributed by atoms with Crippen molar-refractivity contribution in [1.82, 2.24) is 15.9 Å². The van der Waals surface area contributed by atoms with E-state index in [0.717, 1.165) is 28.8 Å². The fraction of sp³-hybridized carbons (Fsp3) is 0.423. The number of nitrogens with one attached hydrogen (secondary N) is 2. The SMILES string of the molecule is CC(C)(C)OC(=O)NN(CCC1(c2ccccc2)NN=C(c2cc(F)ccc2F)S1)C(=O)OC(C)(C)C. The standard InChI is InChI=1S/C26H32F2N4O4S/c1-24(2,3)35-22(33)30-32(23(34)36-25(4,5)6)15-14-26(17-10-8-7-9-11-17)31-29-21(37-26)19-16-18(27)12-13-20(19)28/h7-13,16,31H,14-15H2,1-6H3,(H,30,33). The molecule has 0 bridgehead atoms. The number of hydrogen-bond donors (Lipinski definition) is 2. The second kappa shape index (κ2) is 11.0. The predicted molar refractivity (Wildman–Crippen MR) is 139 cm³/mol. The van der Waals surface area contributed by atoms with Gasteiger partial charge in [0.15, 0.2) is 0 Å². The van der Waals surface area contributed by atoms with E-state index >= 15 is 0 Å². The van der Waals surface area contributed by atoms with Gasteiger partial charge >= 0.3 is 12.2 Å². The number of nitrogens with zero attached hydrogens (tertiary/aromatic N) is 2. The molecule has 1 atom stereocenters. The van der Waals surface area contributed by atoms with Crippen LogP contribution in [0.3, 0.4) is 0 Å². The highest BCUT2D eigenvalue weighted by molar-refractivity contribution is 8.15. The van der Waals surface area contributed by atoms with E-state index in [1.807, 2.05) is 30.3 Å². The molecule has 8 nitrogen and oxygen atoms in total. The zero-order valence-electron chi connectivity index (χ0n) is 21.7. The highest BCUT2D eigenvalue weighted by Gasteiger charge is 2.41. The number of benzene rings is 2. The van der Waals surface area contributed by atoms with E-state index in [4.69, 9.17) is 9.47 Å². The molecule has 0 aromatic heterocycles. The van der Waals surface area contributed by atoms with Gasteiger partial charge in [0.1, 0.15) is 32.8 Å². The Kier molecular flexibility index (Phi) is 8.36. The third-order valence-electron chi connectivity index (χ3n) is 4.93. The van der Waals surface area contributed by atoms with Crippen LogP contribution in [0.1, 0.15) is 59.1 Å². The van der Waals surface area contributed by atoms with E-state index < -0.39 is 39.9 Å². The van der Waals surface area contributed by atoms with Gasteiger partial charge in [-0.3, -0.25) is 5.43 Å². The van der Waals surface area contributed by atoms with Crippen LogP contribution in [0.15, 0.2) is 53.6 Å². The molecule has 1 aliphatic heterocycles. The summed E-state index contributed by atoms with van der Waals surface area (Å²) in [6.07, 6.45) is -1.39. The predicted octanol–water partition coefficient (Wildman–Crippen LogP) is 5.88. The summed E-state index contributed by atoms with van der Waals surface area (Å²) in [6, 6.07) is 12.4. The highest BCUT2D eigenvalue weighted by atomic mass is 32.2. The van der Waals surface area contributed by atoms with Gasteiger partial charge in [0, 0.05) is 18.5 Å². The molecule has 3 rings (SSSR count). The van der Waals surface area contributed by atoms with Crippen LogP contribution < -0.4 is 10.9 Å². The third-order valence-corrected chi connectivity index (χ3v) is 6.32. The van der Waals surface area contributed by atoms with Crippen molar-refractivity contribution in [2.75, 3.05) is 6.54 Å². The minimum absolute atomic E-state index is 0.0164. The topological polar surface area (TPSA) is 92.3 Å². The van der Waals surface area contributed by atoms with Crippen molar-refractivity contribution in [1.29, 1.82) is 0 Å². The van der Waals surface area contributed by atoms with Gasteiger partial charge in [-0.25, -0.2) is 28.8 Å². The van der Waals surface area contributed by atoms with Crippen LogP contribution >= 0.6 is 11.8 Å². The summed E-state index contributed by atoms with van der Waals surface area (Å²) < 4.78 is 39.2. The normalized spacial score (nSPS) is 17.5. The lowest BCUT2D eigenvalue weighted by atomic mass is 10.0. The molecule has 0 saturated carbocycles. The Bertz CT molecular complexity index is 1170. The van der Waals surface area contributed by atoms with Gasteiger partial charge in [0.2, 0.25) is 0 Å². The van der Waals surface area contributed by atoms with E-state index in [1.165, 1.54) is 11.8 Å². The Labute approximate surface area is 219 Å². The zero-order valence-corrected chi connectivity index (χ0v) is 22.5. The molecule has 2 N–H and O–H groups in total. The summed E-state index contributed by atoms with van der Waals surface area (Å²) in [6.45, 7) is 10.2. The van der Waals surface area contributed by atoms with Gasteiger partial charge in [-0.15, -0.1) is 0 Å². The van der Waals surface area contributed by atoms with Gasteiger partial charge in [0.25, 0.3) is 0 Å². The van der Waals surface area contributed by atoms with Gasteiger partial charge in [-0.2, -0.15) is 5.10 Å². The van der Waals surface area contributed by atoms with Crippen LogP contribution in [-0.2, 0) is 14.3 Å². The van der Waals surface area contributed by atoms with E-state index in [9.17, 15) is 18.4 Å². The first-order valence-corrected chi connectivity index (χ1v) is 12.5. The number of amides is 2. The maximum Gasteiger partial charge on any atom is 0.429 e. The summed E-state index contributed by atoms with van der Waals surface area (Å²) in [5.74, 6) is -1.20. The molecule has 0 aliphatic carbocycles. The van der Waals surface area contributed by atoms with Gasteiger partial charge in [0.05, 0.1) is 0 Å². The Balaban J connectivity index is 1.87. The van der Waals surface area contributed by atoms with Gasteiger partial charge < -0.3 is 9.47 Å². The molecule has 1 aliphatic rings. The van der Waals surface area contributed by atoms with Crippen LogP contribution in [0, 0.1) is 11.6 Å². The van der Waals surface area contributed by atoms with E-state index in [-0.39, 0.29) is 23.6 Å². The molecule has 200 valence electrons. The molecule has 1 heterocycles. The molecule has 1 unspecified atom stereocenters. The van der Waals surface area contributed by atoms with E-state index in [0.29, 0.717) is 0 Å². The first-order valence-electron chi connectivity index (χ1n) is 11.7. The maximum absolute atomic E-state index is 14.5. The van der Waals surface area contributed by atoms with Crippen LogP contribution in [0.25, 0.3) is 0 Å². The number of ether oxygens (including phenoxy) is 2. The minimum atomic E-state index is -0.953. The molecule has 2 aromatic rings. The van der Waals surface area contributed by atoms with Crippen molar-refractivity contribution in [3.8, 4) is 0 Å². The number of rotatable bonds is 5. The Morgan fingerprint density at radius 1 is 1.03 bits per heavy atom. The van der Waals surface area contributed by atoms with Crippen molar-refractivity contribution in [3.63, 3.8) is 0 Å². The quantitative estimate of drug-likeness (QED) is 0.466. The summed E-state index contributed by atoms with van der Waals surface area (Å²) in [5.41, 5.74) is 4.73. The monoisotopic (exact) mass is 534 g/mol. The fourth-order valence-corrected chi connectivity index (χ4v) is 4.63. The number of hydrazone groups is 1. The molecule has 2 amide bonds. The second-order valence-corrected chi connectivity index (χ2v) is 11.7. The van der Waals surface area contributed by atoms with Crippen molar-refractivity contribution in [2.24, 2.45) is 5.10 Å². The average Bonchev–Trinajstić information content (AvgIpc) is 3.22. The van der Waals surface area contributed by atoms with Gasteiger partial charge in [-0.05, 0) is 65.3 Å². The average molecular weight is 535 g/mol.